The SMILES string of the molecule is CCN(C)C(=O)c1sc2c(cnc3ccccc32)c1N. The van der Waals surface area contributed by atoms with Crippen molar-refractivity contribution in [1.82, 2.24) is 9.88 Å². The smallest absolute Gasteiger partial charge is 0.265 e. The monoisotopic (exact) mass is 285 g/mol. The van der Waals surface area contributed by atoms with E-state index in [1.54, 1.807) is 18.1 Å². The molecule has 102 valence electrons. The molecule has 0 fully saturated rings. The quantitative estimate of drug-likeness (QED) is 0.787. The van der Waals surface area contributed by atoms with E-state index >= 15 is 0 Å². The second-order valence-corrected chi connectivity index (χ2v) is 5.70. The maximum absolute atomic E-state index is 12.3. The lowest BCUT2D eigenvalue weighted by Gasteiger charge is -2.13. The van der Waals surface area contributed by atoms with Crippen LogP contribution in [0.25, 0.3) is 21.0 Å². The van der Waals surface area contributed by atoms with Crippen LogP contribution < -0.4 is 5.73 Å². The zero-order valence-electron chi connectivity index (χ0n) is 11.4. The van der Waals surface area contributed by atoms with Gasteiger partial charge in [0.1, 0.15) is 4.88 Å². The molecule has 0 aliphatic carbocycles. The normalized spacial score (nSPS) is 11.1. The number of aromatic nitrogens is 1. The third kappa shape index (κ3) is 1.82. The van der Waals surface area contributed by atoms with Gasteiger partial charge in [-0.05, 0) is 13.0 Å². The standard InChI is InChI=1S/C15H15N3OS/c1-3-18(2)15(19)14-12(16)10-8-17-11-7-5-4-6-9(11)13(10)20-14/h4-8H,3,16H2,1-2H3. The number of nitrogen functional groups attached to an aromatic ring is 1. The highest BCUT2D eigenvalue weighted by Gasteiger charge is 2.20. The largest absolute Gasteiger partial charge is 0.397 e. The fraction of sp³-hybridized carbons (Fsp3) is 0.200. The van der Waals surface area contributed by atoms with E-state index in [0.717, 1.165) is 21.0 Å². The Kier molecular flexibility index (Phi) is 3.06. The van der Waals surface area contributed by atoms with Gasteiger partial charge in [-0.2, -0.15) is 0 Å². The van der Waals surface area contributed by atoms with Gasteiger partial charge in [0.05, 0.1) is 11.2 Å². The van der Waals surface area contributed by atoms with Gasteiger partial charge < -0.3 is 10.6 Å². The lowest BCUT2D eigenvalue weighted by atomic mass is 10.1. The zero-order chi connectivity index (χ0) is 14.3. The highest BCUT2D eigenvalue weighted by Crippen LogP contribution is 2.37. The Morgan fingerprint density at radius 2 is 2.10 bits per heavy atom. The Bertz CT molecular complexity index is 809. The van der Waals surface area contributed by atoms with E-state index in [9.17, 15) is 4.79 Å². The molecule has 2 heterocycles. The highest BCUT2D eigenvalue weighted by molar-refractivity contribution is 7.22. The van der Waals surface area contributed by atoms with Crippen molar-refractivity contribution < 1.29 is 4.79 Å². The maximum atomic E-state index is 12.3. The number of anilines is 1. The molecule has 4 nitrogen and oxygen atoms in total. The lowest BCUT2D eigenvalue weighted by Crippen LogP contribution is -2.25. The number of pyridine rings is 1. The van der Waals surface area contributed by atoms with Crippen molar-refractivity contribution in [3.63, 3.8) is 0 Å². The Balaban J connectivity index is 2.29. The average Bonchev–Trinajstić information content (AvgIpc) is 2.83. The summed E-state index contributed by atoms with van der Waals surface area (Å²) in [6.07, 6.45) is 1.76. The summed E-state index contributed by atoms with van der Waals surface area (Å²) >= 11 is 1.45. The van der Waals surface area contributed by atoms with Gasteiger partial charge in [-0.3, -0.25) is 9.78 Å². The van der Waals surface area contributed by atoms with Crippen LogP contribution in [-0.2, 0) is 0 Å². The predicted octanol–water partition coefficient (Wildman–Crippen LogP) is 3.12. The summed E-state index contributed by atoms with van der Waals surface area (Å²) in [5, 5.41) is 1.90. The van der Waals surface area contributed by atoms with Gasteiger partial charge in [0.15, 0.2) is 0 Å². The van der Waals surface area contributed by atoms with E-state index in [4.69, 9.17) is 5.73 Å². The van der Waals surface area contributed by atoms with Gasteiger partial charge >= 0.3 is 0 Å². The molecule has 0 atom stereocenters. The number of benzene rings is 1. The van der Waals surface area contributed by atoms with Crippen LogP contribution in [0.3, 0.4) is 0 Å². The molecule has 0 saturated heterocycles. The molecule has 0 aliphatic rings. The van der Waals surface area contributed by atoms with Gasteiger partial charge in [-0.15, -0.1) is 11.3 Å². The number of carbonyl (C=O) groups excluding carboxylic acids is 1. The van der Waals surface area contributed by atoms with Crippen molar-refractivity contribution in [1.29, 1.82) is 0 Å². The second-order valence-electron chi connectivity index (χ2n) is 4.68. The van der Waals surface area contributed by atoms with Gasteiger partial charge in [-0.1, -0.05) is 18.2 Å². The van der Waals surface area contributed by atoms with Crippen molar-refractivity contribution in [3.05, 3.63) is 35.3 Å². The molecule has 1 aromatic carbocycles. The molecule has 0 spiro atoms. The first-order valence-electron chi connectivity index (χ1n) is 6.44. The average molecular weight is 285 g/mol. The van der Waals surface area contributed by atoms with E-state index in [1.165, 1.54) is 11.3 Å². The molecule has 3 rings (SSSR count). The van der Waals surface area contributed by atoms with Crippen LogP contribution in [0.5, 0.6) is 0 Å². The minimum absolute atomic E-state index is 0.0321. The number of nitrogens with two attached hydrogens (primary N) is 1. The number of nitrogens with zero attached hydrogens (tertiary/aromatic N) is 2. The number of carbonyl (C=O) groups is 1. The molecule has 1 amide bonds. The summed E-state index contributed by atoms with van der Waals surface area (Å²) in [6.45, 7) is 2.60. The Morgan fingerprint density at radius 3 is 2.85 bits per heavy atom. The topological polar surface area (TPSA) is 59.2 Å². The molecule has 3 aromatic rings. The van der Waals surface area contributed by atoms with Crippen molar-refractivity contribution in [2.24, 2.45) is 0 Å². The van der Waals surface area contributed by atoms with Crippen LogP contribution in [0.4, 0.5) is 5.69 Å². The minimum Gasteiger partial charge on any atom is -0.397 e. The Morgan fingerprint density at radius 1 is 1.35 bits per heavy atom. The van der Waals surface area contributed by atoms with Crippen LogP contribution in [0, 0.1) is 0 Å². The molecule has 0 radical (unpaired) electrons. The first kappa shape index (κ1) is 12.9. The predicted molar refractivity (Wildman–Crippen MR) is 84.2 cm³/mol. The fourth-order valence-electron chi connectivity index (χ4n) is 2.17. The van der Waals surface area contributed by atoms with Crippen LogP contribution in [-0.4, -0.2) is 29.4 Å². The molecule has 5 heteroatoms. The van der Waals surface area contributed by atoms with E-state index in [0.29, 0.717) is 17.1 Å². The zero-order valence-corrected chi connectivity index (χ0v) is 12.2. The van der Waals surface area contributed by atoms with Gasteiger partial charge in [0, 0.05) is 35.3 Å². The van der Waals surface area contributed by atoms with Crippen LogP contribution in [0.2, 0.25) is 0 Å². The molecule has 20 heavy (non-hydrogen) atoms. The first-order valence-corrected chi connectivity index (χ1v) is 7.26. The minimum atomic E-state index is -0.0321. The molecular formula is C15H15N3OS. The Labute approximate surface area is 120 Å². The summed E-state index contributed by atoms with van der Waals surface area (Å²) in [7, 11) is 1.78. The van der Waals surface area contributed by atoms with Crippen molar-refractivity contribution in [3.8, 4) is 0 Å². The fourth-order valence-corrected chi connectivity index (χ4v) is 3.40. The second kappa shape index (κ2) is 4.76. The van der Waals surface area contributed by atoms with Crippen LogP contribution in [0.1, 0.15) is 16.6 Å². The van der Waals surface area contributed by atoms with Crippen LogP contribution >= 0.6 is 11.3 Å². The number of para-hydroxylation sites is 1. The number of fused-ring (bicyclic) bond motifs is 3. The van der Waals surface area contributed by atoms with Crippen molar-refractivity contribution in [2.75, 3.05) is 19.3 Å². The first-order chi connectivity index (χ1) is 9.63. The molecule has 0 bridgehead atoms. The summed E-state index contributed by atoms with van der Waals surface area (Å²) < 4.78 is 1.03. The molecule has 0 aliphatic heterocycles. The van der Waals surface area contributed by atoms with Crippen LogP contribution in [0.15, 0.2) is 30.5 Å². The van der Waals surface area contributed by atoms with E-state index in [2.05, 4.69) is 4.98 Å². The van der Waals surface area contributed by atoms with E-state index in [-0.39, 0.29) is 5.91 Å². The summed E-state index contributed by atoms with van der Waals surface area (Å²) in [5.74, 6) is -0.0321. The lowest BCUT2D eigenvalue weighted by molar-refractivity contribution is 0.0808. The van der Waals surface area contributed by atoms with Gasteiger partial charge in [-0.25, -0.2) is 0 Å². The number of hydrogen-bond donors (Lipinski definition) is 1. The number of hydrogen-bond acceptors (Lipinski definition) is 4. The third-order valence-electron chi connectivity index (χ3n) is 3.48. The van der Waals surface area contributed by atoms with E-state index < -0.39 is 0 Å². The molecule has 2 aromatic heterocycles. The summed E-state index contributed by atoms with van der Waals surface area (Å²) in [6, 6.07) is 7.90. The van der Waals surface area contributed by atoms with Gasteiger partial charge in [0.25, 0.3) is 5.91 Å². The summed E-state index contributed by atoms with van der Waals surface area (Å²) in [5.41, 5.74) is 7.60. The highest BCUT2D eigenvalue weighted by atomic mass is 32.1. The molecular weight excluding hydrogens is 270 g/mol. The molecule has 0 unspecified atom stereocenters. The molecule has 2 N–H and O–H groups in total. The van der Waals surface area contributed by atoms with Crippen molar-refractivity contribution >= 4 is 43.9 Å². The Hall–Kier alpha value is -2.14. The number of thiophene rings is 1. The number of amides is 1. The third-order valence-corrected chi connectivity index (χ3v) is 4.72. The van der Waals surface area contributed by atoms with Crippen molar-refractivity contribution in [2.45, 2.75) is 6.92 Å². The molecule has 0 saturated carbocycles. The number of rotatable bonds is 2. The van der Waals surface area contributed by atoms with E-state index in [1.807, 2.05) is 31.2 Å². The maximum Gasteiger partial charge on any atom is 0.265 e. The van der Waals surface area contributed by atoms with Gasteiger partial charge in [0.2, 0.25) is 0 Å². The summed E-state index contributed by atoms with van der Waals surface area (Å²) in [4.78, 5) is 19.0.